The Morgan fingerprint density at radius 3 is 1.97 bits per heavy atom. The molecule has 3 rings (SSSR count). The second kappa shape index (κ2) is 8.60. The first-order chi connectivity index (χ1) is 13.3. The number of piperidine rings is 1. The maximum absolute atomic E-state index is 13.0. The molecule has 1 aromatic rings. The van der Waals surface area contributed by atoms with Crippen LogP contribution in [0.5, 0.6) is 0 Å². The Morgan fingerprint density at radius 2 is 1.55 bits per heavy atom. The van der Waals surface area contributed by atoms with E-state index in [1.807, 2.05) is 0 Å². The summed E-state index contributed by atoms with van der Waals surface area (Å²) in [6, 6.07) is 5.32. The molecule has 2 aliphatic rings. The molecule has 5 nitrogen and oxygen atoms in total. The van der Waals surface area contributed by atoms with Gasteiger partial charge in [0.2, 0.25) is 5.91 Å². The normalized spacial score (nSPS) is 18.5. The van der Waals surface area contributed by atoms with Crippen LogP contribution in [0.3, 0.4) is 0 Å². The van der Waals surface area contributed by atoms with E-state index in [1.165, 1.54) is 12.1 Å². The highest BCUT2D eigenvalue weighted by Crippen LogP contribution is 2.33. The number of aliphatic carboxylic acids is 1. The van der Waals surface area contributed by atoms with E-state index < -0.39 is 23.9 Å². The topological polar surface area (TPSA) is 69.6 Å². The van der Waals surface area contributed by atoms with Gasteiger partial charge in [-0.15, -0.1) is 0 Å². The van der Waals surface area contributed by atoms with Gasteiger partial charge in [-0.2, -0.15) is 26.3 Å². The van der Waals surface area contributed by atoms with Crippen LogP contribution in [-0.2, 0) is 22.2 Å². The molecule has 2 fully saturated rings. The molecule has 2 N–H and O–H groups in total. The number of carboxylic acid groups (broad SMARTS) is 1. The molecule has 29 heavy (non-hydrogen) atoms. The third-order valence-electron chi connectivity index (χ3n) is 5.08. The molecular formula is C18H20F6N2O3. The van der Waals surface area contributed by atoms with Crippen LogP contribution in [0.15, 0.2) is 24.3 Å². The summed E-state index contributed by atoms with van der Waals surface area (Å²) in [5.41, 5.74) is -0.472. The lowest BCUT2D eigenvalue weighted by Gasteiger charge is -2.49. The number of halogens is 6. The molecule has 0 radical (unpaired) electrons. The van der Waals surface area contributed by atoms with E-state index in [1.54, 1.807) is 11.0 Å². The highest BCUT2D eigenvalue weighted by Gasteiger charge is 2.40. The maximum Gasteiger partial charge on any atom is 0.490 e. The van der Waals surface area contributed by atoms with Crippen LogP contribution in [0.1, 0.15) is 30.4 Å². The van der Waals surface area contributed by atoms with Gasteiger partial charge < -0.3 is 15.3 Å². The Bertz CT molecular complexity index is 734. The second-order valence-corrected chi connectivity index (χ2v) is 6.97. The van der Waals surface area contributed by atoms with Gasteiger partial charge in [0, 0.05) is 18.6 Å². The van der Waals surface area contributed by atoms with Crippen LogP contribution in [0.25, 0.3) is 0 Å². The van der Waals surface area contributed by atoms with Crippen molar-refractivity contribution < 1.29 is 41.0 Å². The van der Waals surface area contributed by atoms with Crippen molar-refractivity contribution in [3.8, 4) is 0 Å². The Kier molecular flexibility index (Phi) is 6.82. The third kappa shape index (κ3) is 6.09. The summed E-state index contributed by atoms with van der Waals surface area (Å²) >= 11 is 0. The summed E-state index contributed by atoms with van der Waals surface area (Å²) in [5, 5.41) is 10.5. The highest BCUT2D eigenvalue weighted by atomic mass is 19.4. The Labute approximate surface area is 162 Å². The fourth-order valence-electron chi connectivity index (χ4n) is 3.32. The number of carbonyl (C=O) groups excluding carboxylic acids is 1. The number of hydrogen-bond acceptors (Lipinski definition) is 3. The molecule has 0 aliphatic carbocycles. The third-order valence-corrected chi connectivity index (χ3v) is 5.08. The van der Waals surface area contributed by atoms with E-state index >= 15 is 0 Å². The number of alkyl halides is 6. The number of nitrogens with one attached hydrogen (secondary N) is 1. The molecule has 2 aliphatic heterocycles. The zero-order valence-corrected chi connectivity index (χ0v) is 15.2. The molecule has 2 saturated heterocycles. The first-order valence-corrected chi connectivity index (χ1v) is 8.82. The average Bonchev–Trinajstić information content (AvgIpc) is 2.59. The van der Waals surface area contributed by atoms with E-state index in [0.717, 1.165) is 31.9 Å². The summed E-state index contributed by atoms with van der Waals surface area (Å²) in [7, 11) is 0. The minimum atomic E-state index is -5.08. The van der Waals surface area contributed by atoms with Gasteiger partial charge >= 0.3 is 18.3 Å². The van der Waals surface area contributed by atoms with Gasteiger partial charge in [-0.1, -0.05) is 18.2 Å². The molecule has 11 heteroatoms. The predicted molar refractivity (Wildman–Crippen MR) is 90.0 cm³/mol. The van der Waals surface area contributed by atoms with Gasteiger partial charge in [0.15, 0.2) is 0 Å². The number of likely N-dealkylation sites (tertiary alicyclic amines) is 1. The van der Waals surface area contributed by atoms with Gasteiger partial charge in [0.05, 0.1) is 12.0 Å². The minimum absolute atomic E-state index is 0.0575. The van der Waals surface area contributed by atoms with Crippen molar-refractivity contribution in [2.24, 2.45) is 0 Å². The second-order valence-electron chi connectivity index (χ2n) is 6.97. The maximum atomic E-state index is 13.0. The fourth-order valence-corrected chi connectivity index (χ4v) is 3.32. The van der Waals surface area contributed by atoms with Crippen LogP contribution in [0.2, 0.25) is 0 Å². The smallest absolute Gasteiger partial charge is 0.475 e. The summed E-state index contributed by atoms with van der Waals surface area (Å²) in [4.78, 5) is 22.9. The molecule has 0 bridgehead atoms. The zero-order valence-electron chi connectivity index (χ0n) is 15.2. The van der Waals surface area contributed by atoms with E-state index in [-0.39, 0.29) is 23.4 Å². The largest absolute Gasteiger partial charge is 0.490 e. The molecule has 162 valence electrons. The fraction of sp³-hybridized carbons (Fsp3) is 0.556. The first kappa shape index (κ1) is 23.0. The van der Waals surface area contributed by atoms with Crippen molar-refractivity contribution in [3.63, 3.8) is 0 Å². The van der Waals surface area contributed by atoms with E-state index in [4.69, 9.17) is 9.90 Å². The molecule has 0 unspecified atom stereocenters. The van der Waals surface area contributed by atoms with E-state index in [2.05, 4.69) is 5.32 Å². The standard InChI is InChI=1S/C16H19F3N2O.C2HF3O2/c17-16(18,19)13-4-2-1-3-12(13)11-14(22)21-9-6-15(7-10-21)5-8-20-15;3-2(4,5)1(6)7/h1-4,20H,5-11H2;(H,6,7). The lowest BCUT2D eigenvalue weighted by molar-refractivity contribution is -0.192. The van der Waals surface area contributed by atoms with Gasteiger partial charge in [-0.05, 0) is 37.4 Å². The van der Waals surface area contributed by atoms with Crippen molar-refractivity contribution in [2.45, 2.75) is 43.6 Å². The predicted octanol–water partition coefficient (Wildman–Crippen LogP) is 3.24. The first-order valence-electron chi connectivity index (χ1n) is 8.82. The molecule has 0 atom stereocenters. The summed E-state index contributed by atoms with van der Waals surface area (Å²) < 4.78 is 70.6. The zero-order chi connectivity index (χ0) is 21.9. The van der Waals surface area contributed by atoms with Crippen molar-refractivity contribution in [1.29, 1.82) is 0 Å². The molecule has 0 aromatic heterocycles. The van der Waals surface area contributed by atoms with Gasteiger partial charge in [0.25, 0.3) is 0 Å². The Hall–Kier alpha value is -2.30. The number of benzene rings is 1. The number of rotatable bonds is 2. The van der Waals surface area contributed by atoms with E-state index in [9.17, 15) is 31.1 Å². The van der Waals surface area contributed by atoms with Gasteiger partial charge in [-0.3, -0.25) is 4.79 Å². The molecule has 1 amide bonds. The monoisotopic (exact) mass is 426 g/mol. The summed E-state index contributed by atoms with van der Waals surface area (Å²) in [5.74, 6) is -2.97. The van der Waals surface area contributed by atoms with Gasteiger partial charge in [-0.25, -0.2) is 4.79 Å². The SMILES string of the molecule is O=C(Cc1ccccc1C(F)(F)F)N1CCC2(CCN2)CC1.O=C(O)C(F)(F)F. The van der Waals surface area contributed by atoms with Crippen molar-refractivity contribution >= 4 is 11.9 Å². The van der Waals surface area contributed by atoms with Crippen molar-refractivity contribution in [2.75, 3.05) is 19.6 Å². The lowest BCUT2D eigenvalue weighted by atomic mass is 9.79. The molecule has 2 heterocycles. The van der Waals surface area contributed by atoms with Crippen LogP contribution < -0.4 is 5.32 Å². The number of amides is 1. The Balaban J connectivity index is 0.000000370. The molecular weight excluding hydrogens is 406 g/mol. The number of nitrogens with zero attached hydrogens (tertiary/aromatic N) is 1. The van der Waals surface area contributed by atoms with Crippen LogP contribution in [-0.4, -0.2) is 53.2 Å². The van der Waals surface area contributed by atoms with Crippen molar-refractivity contribution in [1.82, 2.24) is 10.2 Å². The number of carbonyl (C=O) groups is 2. The average molecular weight is 426 g/mol. The van der Waals surface area contributed by atoms with Gasteiger partial charge in [0.1, 0.15) is 0 Å². The highest BCUT2D eigenvalue weighted by molar-refractivity contribution is 5.79. The summed E-state index contributed by atoms with van der Waals surface area (Å²) in [6.45, 7) is 2.27. The number of hydrogen-bond donors (Lipinski definition) is 2. The lowest BCUT2D eigenvalue weighted by Crippen LogP contribution is -2.62. The molecule has 1 aromatic carbocycles. The minimum Gasteiger partial charge on any atom is -0.475 e. The number of carboxylic acids is 1. The van der Waals surface area contributed by atoms with Crippen LogP contribution >= 0.6 is 0 Å². The quantitative estimate of drug-likeness (QED) is 0.713. The van der Waals surface area contributed by atoms with Crippen molar-refractivity contribution in [3.05, 3.63) is 35.4 Å². The van der Waals surface area contributed by atoms with E-state index in [0.29, 0.717) is 13.1 Å². The summed E-state index contributed by atoms with van der Waals surface area (Å²) in [6.07, 6.45) is -6.78. The van der Waals surface area contributed by atoms with Crippen LogP contribution in [0, 0.1) is 0 Å². The van der Waals surface area contributed by atoms with Crippen LogP contribution in [0.4, 0.5) is 26.3 Å². The molecule has 1 spiro atoms. The molecule has 0 saturated carbocycles. The Morgan fingerprint density at radius 1 is 1.03 bits per heavy atom.